The molecule has 5 rings (SSSR count). The summed E-state index contributed by atoms with van der Waals surface area (Å²) in [5.74, 6) is 0.704. The number of amides is 1. The molecular weight excluding hydrogens is 463 g/mol. The molecule has 35 heavy (non-hydrogen) atoms. The molecular formula is C27H33FN4O2S. The summed E-state index contributed by atoms with van der Waals surface area (Å²) in [6.07, 6.45) is 7.31. The monoisotopic (exact) mass is 496 g/mol. The van der Waals surface area contributed by atoms with Crippen LogP contribution in [0.4, 0.5) is 4.39 Å². The van der Waals surface area contributed by atoms with Crippen molar-refractivity contribution in [3.05, 3.63) is 52.7 Å². The number of halogens is 1. The molecule has 8 heteroatoms. The van der Waals surface area contributed by atoms with Crippen LogP contribution in [0, 0.1) is 5.92 Å². The van der Waals surface area contributed by atoms with Crippen molar-refractivity contribution in [1.29, 1.82) is 0 Å². The number of thiazole rings is 1. The lowest BCUT2D eigenvalue weighted by Crippen LogP contribution is -2.38. The quantitative estimate of drug-likeness (QED) is 0.466. The van der Waals surface area contributed by atoms with E-state index in [1.165, 1.54) is 18.2 Å². The number of carbonyl (C=O) groups is 1. The molecule has 1 aromatic carbocycles. The first-order valence-corrected chi connectivity index (χ1v) is 13.5. The third-order valence-electron chi connectivity index (χ3n) is 7.15. The van der Waals surface area contributed by atoms with Gasteiger partial charge in [0.15, 0.2) is 0 Å². The van der Waals surface area contributed by atoms with E-state index in [-0.39, 0.29) is 18.6 Å². The normalized spacial score (nSPS) is 21.4. The number of carbonyl (C=O) groups excluding carboxylic acids is 1. The van der Waals surface area contributed by atoms with Gasteiger partial charge in [-0.1, -0.05) is 23.5 Å². The molecule has 1 saturated carbocycles. The summed E-state index contributed by atoms with van der Waals surface area (Å²) in [6, 6.07) is 9.80. The average Bonchev–Trinajstić information content (AvgIpc) is 3.29. The van der Waals surface area contributed by atoms with Crippen molar-refractivity contribution in [2.24, 2.45) is 5.92 Å². The number of fused-ring (bicyclic) bond motifs is 2. The first kappa shape index (κ1) is 24.1. The Morgan fingerprint density at radius 1 is 1.26 bits per heavy atom. The van der Waals surface area contributed by atoms with E-state index < -0.39 is 6.17 Å². The number of nitrogens with one attached hydrogen (secondary N) is 1. The maximum absolute atomic E-state index is 13.1. The van der Waals surface area contributed by atoms with Crippen LogP contribution in [0.3, 0.4) is 0 Å². The lowest BCUT2D eigenvalue weighted by molar-refractivity contribution is 0.0921. The molecule has 186 valence electrons. The summed E-state index contributed by atoms with van der Waals surface area (Å²) in [4.78, 5) is 25.6. The molecule has 2 aromatic heterocycles. The highest BCUT2D eigenvalue weighted by molar-refractivity contribution is 7.13. The third-order valence-corrected chi connectivity index (χ3v) is 8.22. The predicted molar refractivity (Wildman–Crippen MR) is 137 cm³/mol. The van der Waals surface area contributed by atoms with E-state index in [4.69, 9.17) is 4.74 Å². The predicted octanol–water partition coefficient (Wildman–Crippen LogP) is 5.17. The molecule has 0 radical (unpaired) electrons. The highest BCUT2D eigenvalue weighted by Crippen LogP contribution is 2.32. The number of aromatic nitrogens is 2. The van der Waals surface area contributed by atoms with E-state index in [2.05, 4.69) is 20.2 Å². The Kier molecular flexibility index (Phi) is 7.58. The van der Waals surface area contributed by atoms with Crippen molar-refractivity contribution in [2.75, 3.05) is 19.7 Å². The molecule has 0 spiro atoms. The van der Waals surface area contributed by atoms with Crippen LogP contribution in [-0.2, 0) is 13.0 Å². The van der Waals surface area contributed by atoms with Gasteiger partial charge in [0, 0.05) is 41.2 Å². The molecule has 1 amide bonds. The van der Waals surface area contributed by atoms with E-state index in [1.54, 1.807) is 17.5 Å². The fraction of sp³-hybridized carbons (Fsp3) is 0.519. The van der Waals surface area contributed by atoms with E-state index in [0.717, 1.165) is 68.3 Å². The molecule has 6 nitrogen and oxygen atoms in total. The summed E-state index contributed by atoms with van der Waals surface area (Å²) < 4.78 is 18.5. The van der Waals surface area contributed by atoms with E-state index >= 15 is 0 Å². The summed E-state index contributed by atoms with van der Waals surface area (Å²) in [5, 5.41) is 4.77. The number of hydrogen-bond donors (Lipinski definition) is 1. The Hall–Kier alpha value is -2.58. The molecule has 1 fully saturated rings. The molecule has 0 saturated heterocycles. The van der Waals surface area contributed by atoms with E-state index in [9.17, 15) is 9.18 Å². The van der Waals surface area contributed by atoms with Crippen LogP contribution in [0.2, 0.25) is 0 Å². The van der Waals surface area contributed by atoms with Gasteiger partial charge in [-0.15, -0.1) is 0 Å². The van der Waals surface area contributed by atoms with Gasteiger partial charge in [0.2, 0.25) is 0 Å². The minimum absolute atomic E-state index is 0.00348. The summed E-state index contributed by atoms with van der Waals surface area (Å²) in [5.41, 5.74) is 2.65. The molecule has 2 aliphatic rings. The van der Waals surface area contributed by atoms with E-state index in [0.29, 0.717) is 16.7 Å². The van der Waals surface area contributed by atoms with Crippen LogP contribution in [0.15, 0.2) is 36.5 Å². The molecule has 1 N–H and O–H groups in total. The smallest absolute Gasteiger partial charge is 0.273 e. The number of alkyl halides is 1. The summed E-state index contributed by atoms with van der Waals surface area (Å²) >= 11 is 1.56. The molecule has 1 aliphatic carbocycles. The van der Waals surface area contributed by atoms with Crippen molar-refractivity contribution in [2.45, 2.75) is 64.2 Å². The van der Waals surface area contributed by atoms with Crippen LogP contribution >= 0.6 is 11.3 Å². The van der Waals surface area contributed by atoms with Crippen LogP contribution < -0.4 is 10.1 Å². The molecule has 0 bridgehead atoms. The van der Waals surface area contributed by atoms with Gasteiger partial charge in [0.25, 0.3) is 11.1 Å². The molecule has 1 atom stereocenters. The second-order valence-electron chi connectivity index (χ2n) is 9.82. The number of ether oxygens (including phenoxy) is 1. The Labute approximate surface area is 209 Å². The van der Waals surface area contributed by atoms with Crippen LogP contribution in [0.1, 0.15) is 60.0 Å². The molecule has 3 aromatic rings. The topological polar surface area (TPSA) is 67.3 Å². The van der Waals surface area contributed by atoms with Crippen LogP contribution in [0.5, 0.6) is 5.19 Å². The lowest BCUT2D eigenvalue weighted by Gasteiger charge is -2.32. The van der Waals surface area contributed by atoms with Gasteiger partial charge in [-0.2, -0.15) is 0 Å². The van der Waals surface area contributed by atoms with E-state index in [1.807, 2.05) is 30.3 Å². The minimum Gasteiger partial charge on any atom is -0.467 e. The average molecular weight is 497 g/mol. The van der Waals surface area contributed by atoms with Gasteiger partial charge in [0.05, 0.1) is 11.2 Å². The second kappa shape index (κ2) is 11.0. The first-order valence-electron chi connectivity index (χ1n) is 12.7. The number of pyridine rings is 1. The minimum atomic E-state index is -0.980. The van der Waals surface area contributed by atoms with Crippen LogP contribution in [0.25, 0.3) is 10.9 Å². The standard InChI is InChI=1S/C27H33FN4O2S/c1-18(28)17-34-27-31-24-16-32(15-12-25(24)35-27)14-11-19-7-9-20(10-8-19)30-26(33)22-4-2-6-23-21(22)5-3-13-29-23/h2-6,13,18-20H,7-12,14-17H2,1H3,(H,30,33)/t18?,19-,20-. The Morgan fingerprint density at radius 2 is 2.11 bits per heavy atom. The second-order valence-corrected chi connectivity index (χ2v) is 10.9. The van der Waals surface area contributed by atoms with Crippen molar-refractivity contribution in [3.8, 4) is 5.19 Å². The molecule has 1 unspecified atom stereocenters. The zero-order valence-electron chi connectivity index (χ0n) is 20.2. The maximum atomic E-state index is 13.1. The maximum Gasteiger partial charge on any atom is 0.273 e. The zero-order chi connectivity index (χ0) is 24.2. The number of nitrogens with zero attached hydrogens (tertiary/aromatic N) is 3. The van der Waals surface area contributed by atoms with Crippen LogP contribution in [-0.4, -0.2) is 52.7 Å². The molecule has 1 aliphatic heterocycles. The summed E-state index contributed by atoms with van der Waals surface area (Å²) in [6.45, 7) is 4.53. The SMILES string of the molecule is CC(F)COc1nc2c(s1)CCN(CC[C@H]1CC[C@H](NC(=O)c3cccc4ncccc34)CC1)C2. The van der Waals surface area contributed by atoms with Gasteiger partial charge in [0.1, 0.15) is 12.8 Å². The Balaban J connectivity index is 1.06. The van der Waals surface area contributed by atoms with Crippen molar-refractivity contribution in [3.63, 3.8) is 0 Å². The van der Waals surface area contributed by atoms with Gasteiger partial charge in [-0.25, -0.2) is 9.37 Å². The van der Waals surface area contributed by atoms with Crippen molar-refractivity contribution >= 4 is 28.1 Å². The first-order chi connectivity index (χ1) is 17.0. The highest BCUT2D eigenvalue weighted by Gasteiger charge is 2.26. The fourth-order valence-electron chi connectivity index (χ4n) is 5.19. The third kappa shape index (κ3) is 5.98. The Bertz CT molecular complexity index is 1150. The number of benzene rings is 1. The van der Waals surface area contributed by atoms with Crippen molar-refractivity contribution < 1.29 is 13.9 Å². The van der Waals surface area contributed by atoms with Gasteiger partial charge in [-0.05, 0) is 76.1 Å². The largest absolute Gasteiger partial charge is 0.467 e. The summed E-state index contributed by atoms with van der Waals surface area (Å²) in [7, 11) is 0. The number of hydrogen-bond acceptors (Lipinski definition) is 6. The van der Waals surface area contributed by atoms with Gasteiger partial charge < -0.3 is 10.1 Å². The zero-order valence-corrected chi connectivity index (χ0v) is 21.0. The molecule has 3 heterocycles. The highest BCUT2D eigenvalue weighted by atomic mass is 32.1. The lowest BCUT2D eigenvalue weighted by atomic mass is 9.84. The number of rotatable bonds is 8. The van der Waals surface area contributed by atoms with Crippen molar-refractivity contribution in [1.82, 2.24) is 20.2 Å². The van der Waals surface area contributed by atoms with Gasteiger partial charge >= 0.3 is 0 Å². The Morgan fingerprint density at radius 3 is 2.94 bits per heavy atom. The fourth-order valence-corrected chi connectivity index (χ4v) is 6.11. The van der Waals surface area contributed by atoms with Gasteiger partial charge in [-0.3, -0.25) is 14.7 Å².